The van der Waals surface area contributed by atoms with Gasteiger partial charge in [0, 0.05) is 0 Å². The van der Waals surface area contributed by atoms with E-state index in [9.17, 15) is 0 Å². The van der Waals surface area contributed by atoms with Gasteiger partial charge in [-0.05, 0) is 0 Å². The van der Waals surface area contributed by atoms with Crippen molar-refractivity contribution in [2.45, 2.75) is 0 Å². The van der Waals surface area contributed by atoms with Gasteiger partial charge in [-0.2, -0.15) is 0 Å². The maximum absolute atomic E-state index is 4.33. The molecule has 0 rings (SSSR count). The summed E-state index contributed by atoms with van der Waals surface area (Å²) in [4.78, 5) is 0. The third-order valence-corrected chi connectivity index (χ3v) is 0. The van der Waals surface area contributed by atoms with Gasteiger partial charge in [-0.15, -0.1) is 0 Å². The van der Waals surface area contributed by atoms with Crippen molar-refractivity contribution in [1.29, 1.82) is 0 Å². The fraction of sp³-hybridized carbons (Fsp3) is 0. The van der Waals surface area contributed by atoms with Gasteiger partial charge in [-0.3, -0.25) is 0 Å². The quantitative estimate of drug-likeness (QED) is 0.329. The molecular formula is H15Cl2CoN5. The Balaban J connectivity index is -0.000000000333. The molecule has 8 heavy (non-hydrogen) atoms. The molecule has 8 heteroatoms. The van der Waals surface area contributed by atoms with E-state index in [0.29, 0.717) is 0 Å². The molecule has 0 saturated heterocycles. The summed E-state index contributed by atoms with van der Waals surface area (Å²) < 4.78 is 0. The Kier molecular flexibility index (Phi) is 9240. The van der Waals surface area contributed by atoms with E-state index in [1.54, 1.807) is 0 Å². The van der Waals surface area contributed by atoms with E-state index < -0.39 is 0 Å². The molecule has 0 heterocycles. The van der Waals surface area contributed by atoms with Crippen LogP contribution in [0.3, 0.4) is 0 Å². The molecule has 0 saturated carbocycles. The van der Waals surface area contributed by atoms with Crippen molar-refractivity contribution in [2.75, 3.05) is 0 Å². The molecule has 0 amide bonds. The van der Waals surface area contributed by atoms with Crippen molar-refractivity contribution in [3.8, 4) is 0 Å². The molecule has 0 fully saturated rings. The minimum atomic E-state index is 0. The number of rotatable bonds is 0. The van der Waals surface area contributed by atoms with Crippen molar-refractivity contribution in [2.24, 2.45) is 0 Å². The van der Waals surface area contributed by atoms with Gasteiger partial charge in [0.25, 0.3) is 0 Å². The number of hydrogen-bond donors (Lipinski definition) is 5. The first-order valence-electron chi connectivity index (χ1n) is 0.126. The molecule has 0 aliphatic heterocycles. The molecule has 0 atom stereocenters. The Hall–Kier alpha value is 0.886. The van der Waals surface area contributed by atoms with Crippen LogP contribution in [0.25, 0.3) is 0 Å². The third-order valence-electron chi connectivity index (χ3n) is 0. The molecule has 0 aliphatic rings. The predicted molar refractivity (Wildman–Crippen MR) is 31.0 cm³/mol. The van der Waals surface area contributed by atoms with Crippen LogP contribution < -0.4 is 43.2 Å². The monoisotopic (exact) mass is 214 g/mol. The molecule has 0 bridgehead atoms. The SMILES string of the molecule is N.N.N.N.N.[Cl-].[Cl][Co+]. The normalized spacial score (nSPS) is 0.750. The summed E-state index contributed by atoms with van der Waals surface area (Å²) >= 11 is 3.03. The standard InChI is InChI=1S/2ClH.Co.5H3N/h2*1H;;5*1H3/q;;+2;;;;;/p-2. The fourth-order valence-corrected chi connectivity index (χ4v) is 0. The Morgan fingerprint density at radius 2 is 0.625 bits per heavy atom. The molecule has 5 nitrogen and oxygen atoms in total. The second-order valence-electron chi connectivity index (χ2n) is 0. The summed E-state index contributed by atoms with van der Waals surface area (Å²) in [5, 5.41) is 0. The summed E-state index contributed by atoms with van der Waals surface area (Å²) in [5.41, 5.74) is 0. The molecule has 15 N–H and O–H groups in total. The van der Waals surface area contributed by atoms with Crippen molar-refractivity contribution < 1.29 is 27.2 Å². The van der Waals surface area contributed by atoms with Crippen LogP contribution in [0.4, 0.5) is 0 Å². The van der Waals surface area contributed by atoms with Crippen LogP contribution in [0.1, 0.15) is 0 Å². The molecule has 0 aromatic rings. The van der Waals surface area contributed by atoms with E-state index >= 15 is 0 Å². The predicted octanol–water partition coefficient (Wildman–Crippen LogP) is -1.50. The van der Waals surface area contributed by atoms with Gasteiger partial charge in [0.2, 0.25) is 0 Å². The molecule has 0 radical (unpaired) electrons. The average molecular weight is 215 g/mol. The summed E-state index contributed by atoms with van der Waals surface area (Å²) in [6.07, 6.45) is 0. The van der Waals surface area contributed by atoms with Crippen LogP contribution in [0.15, 0.2) is 0 Å². The van der Waals surface area contributed by atoms with Gasteiger partial charge in [-0.1, -0.05) is 0 Å². The molecule has 0 aromatic heterocycles. The van der Waals surface area contributed by atoms with E-state index in [1.165, 1.54) is 0 Å². The van der Waals surface area contributed by atoms with E-state index in [4.69, 9.17) is 0 Å². The van der Waals surface area contributed by atoms with Gasteiger partial charge in [0.05, 0.1) is 0 Å². The van der Waals surface area contributed by atoms with Crippen molar-refractivity contribution in [3.05, 3.63) is 0 Å². The summed E-state index contributed by atoms with van der Waals surface area (Å²) in [5.74, 6) is 0. The zero-order valence-corrected chi connectivity index (χ0v) is 7.18. The van der Waals surface area contributed by atoms with E-state index in [2.05, 4.69) is 25.0 Å². The van der Waals surface area contributed by atoms with Crippen LogP contribution in [0.2, 0.25) is 0 Å². The Morgan fingerprint density at radius 3 is 0.625 bits per heavy atom. The van der Waals surface area contributed by atoms with Crippen molar-refractivity contribution in [3.63, 3.8) is 0 Å². The first-order valence-corrected chi connectivity index (χ1v) is 1.56. The van der Waals surface area contributed by atoms with Gasteiger partial charge >= 0.3 is 25.0 Å². The number of hydrogen-bond acceptors (Lipinski definition) is 5. The first-order chi connectivity index (χ1) is 1.00. The van der Waals surface area contributed by atoms with Crippen LogP contribution in [-0.2, 0) is 14.8 Å². The van der Waals surface area contributed by atoms with Crippen LogP contribution in [-0.4, -0.2) is 0 Å². The second-order valence-corrected chi connectivity index (χ2v) is 0. The van der Waals surface area contributed by atoms with Gasteiger partial charge in [0.1, 0.15) is 0 Å². The first kappa shape index (κ1) is 155. The Bertz CT molecular complexity index is 10.4. The van der Waals surface area contributed by atoms with E-state index in [1.807, 2.05) is 0 Å². The van der Waals surface area contributed by atoms with Crippen LogP contribution in [0.5, 0.6) is 0 Å². The number of halogens is 2. The Labute approximate surface area is 68.5 Å². The average Bonchev–Trinajstić information content (AvgIpc) is 1.00. The van der Waals surface area contributed by atoms with Gasteiger partial charge < -0.3 is 43.2 Å². The van der Waals surface area contributed by atoms with E-state index in [-0.39, 0.29) is 43.2 Å². The summed E-state index contributed by atoms with van der Waals surface area (Å²) in [6, 6.07) is 0. The third kappa shape index (κ3) is 304. The Morgan fingerprint density at radius 1 is 0.625 bits per heavy atom. The zero-order valence-electron chi connectivity index (χ0n) is 4.62. The topological polar surface area (TPSA) is 175 Å². The van der Waals surface area contributed by atoms with Crippen LogP contribution in [0, 0.1) is 0 Å². The van der Waals surface area contributed by atoms with Crippen LogP contribution >= 0.6 is 10.1 Å². The maximum atomic E-state index is 4.33. The summed E-state index contributed by atoms with van der Waals surface area (Å²) in [6.45, 7) is 0. The second kappa shape index (κ2) is 476. The van der Waals surface area contributed by atoms with Crippen molar-refractivity contribution in [1.82, 2.24) is 30.8 Å². The molecule has 0 aliphatic carbocycles. The van der Waals surface area contributed by atoms with Gasteiger partial charge in [-0.25, -0.2) is 0 Å². The van der Waals surface area contributed by atoms with Gasteiger partial charge in [0.15, 0.2) is 0 Å². The summed E-state index contributed by atoms with van der Waals surface area (Å²) in [7, 11) is 4.33. The van der Waals surface area contributed by atoms with E-state index in [0.717, 1.165) is 0 Å². The molecule has 0 aromatic carbocycles. The van der Waals surface area contributed by atoms with Crippen molar-refractivity contribution >= 4 is 10.1 Å². The molecule has 0 unspecified atom stereocenters. The fourth-order valence-electron chi connectivity index (χ4n) is 0. The molecule has 63 valence electrons. The molecular weight excluding hydrogens is 200 g/mol. The minimum absolute atomic E-state index is 0. The zero-order chi connectivity index (χ0) is 2.00. The molecule has 0 spiro atoms.